The quantitative estimate of drug-likeness (QED) is 0.571. The summed E-state index contributed by atoms with van der Waals surface area (Å²) in [5, 5.41) is 7.04. The number of thiazole rings is 1. The zero-order valence-corrected chi connectivity index (χ0v) is 16.2. The maximum absolute atomic E-state index is 12.9. The average Bonchev–Trinajstić information content (AvgIpc) is 3.33. The summed E-state index contributed by atoms with van der Waals surface area (Å²) >= 11 is 8.87. The number of amides is 1. The summed E-state index contributed by atoms with van der Waals surface area (Å²) in [5.41, 5.74) is 2.16. The summed E-state index contributed by atoms with van der Waals surface area (Å²) in [6.07, 6.45) is 0. The van der Waals surface area contributed by atoms with Gasteiger partial charge in [-0.1, -0.05) is 23.7 Å². The van der Waals surface area contributed by atoms with Crippen LogP contribution in [0.5, 0.6) is 0 Å². The predicted molar refractivity (Wildman–Crippen MR) is 104 cm³/mol. The zero-order valence-electron chi connectivity index (χ0n) is 13.8. The van der Waals surface area contributed by atoms with E-state index in [1.165, 1.54) is 23.3 Å². The molecule has 134 valence electrons. The number of benzene rings is 1. The van der Waals surface area contributed by atoms with Crippen molar-refractivity contribution in [1.29, 1.82) is 0 Å². The van der Waals surface area contributed by atoms with Crippen molar-refractivity contribution in [2.75, 3.05) is 13.7 Å². The highest BCUT2D eigenvalue weighted by molar-refractivity contribution is 7.14. The Labute approximate surface area is 163 Å². The first-order valence-corrected chi connectivity index (χ1v) is 9.85. The molecule has 0 unspecified atom stereocenters. The molecule has 2 aromatic heterocycles. The Morgan fingerprint density at radius 2 is 1.96 bits per heavy atom. The van der Waals surface area contributed by atoms with Crippen LogP contribution in [-0.4, -0.2) is 35.4 Å². The number of carbonyl (C=O) groups excluding carboxylic acids is 2. The van der Waals surface area contributed by atoms with Gasteiger partial charge in [-0.15, -0.1) is 11.3 Å². The third-order valence-electron chi connectivity index (χ3n) is 3.61. The Morgan fingerprint density at radius 3 is 2.62 bits per heavy atom. The van der Waals surface area contributed by atoms with Crippen LogP contribution in [-0.2, 0) is 16.1 Å². The normalized spacial score (nSPS) is 10.5. The van der Waals surface area contributed by atoms with E-state index in [1.54, 1.807) is 28.8 Å². The molecule has 8 heteroatoms. The van der Waals surface area contributed by atoms with Crippen molar-refractivity contribution in [2.45, 2.75) is 6.54 Å². The van der Waals surface area contributed by atoms with Gasteiger partial charge in [0.1, 0.15) is 17.2 Å². The highest BCUT2D eigenvalue weighted by atomic mass is 35.5. The molecule has 0 saturated carbocycles. The van der Waals surface area contributed by atoms with Gasteiger partial charge >= 0.3 is 5.97 Å². The number of thiophene rings is 1. The fourth-order valence-electron chi connectivity index (χ4n) is 2.28. The summed E-state index contributed by atoms with van der Waals surface area (Å²) in [4.78, 5) is 30.5. The van der Waals surface area contributed by atoms with E-state index in [0.29, 0.717) is 10.7 Å². The third kappa shape index (κ3) is 4.49. The SMILES string of the molecule is COC(=O)CN(Cc1ccc(Cl)cc1)C(=O)c1csc(-c2ccsc2)n1. The molecule has 1 aromatic carbocycles. The molecule has 1 amide bonds. The van der Waals surface area contributed by atoms with Crippen molar-refractivity contribution in [1.82, 2.24) is 9.88 Å². The number of esters is 1. The summed E-state index contributed by atoms with van der Waals surface area (Å²) in [7, 11) is 1.30. The number of hydrogen-bond donors (Lipinski definition) is 0. The lowest BCUT2D eigenvalue weighted by atomic mass is 10.2. The fourth-order valence-corrected chi connectivity index (χ4v) is 3.91. The smallest absolute Gasteiger partial charge is 0.325 e. The van der Waals surface area contributed by atoms with E-state index in [4.69, 9.17) is 16.3 Å². The summed E-state index contributed by atoms with van der Waals surface area (Å²) < 4.78 is 4.72. The van der Waals surface area contributed by atoms with Crippen LogP contribution >= 0.6 is 34.3 Å². The average molecular weight is 407 g/mol. The Hall–Kier alpha value is -2.22. The lowest BCUT2D eigenvalue weighted by Crippen LogP contribution is -2.36. The Morgan fingerprint density at radius 1 is 1.19 bits per heavy atom. The molecule has 2 heterocycles. The molecule has 0 atom stereocenters. The second kappa shape index (κ2) is 8.44. The maximum atomic E-state index is 12.9. The van der Waals surface area contributed by atoms with Gasteiger partial charge in [-0.05, 0) is 29.1 Å². The predicted octanol–water partition coefficient (Wildman–Crippen LogP) is 4.34. The molecule has 0 fully saturated rings. The van der Waals surface area contributed by atoms with Crippen molar-refractivity contribution in [3.8, 4) is 10.6 Å². The van der Waals surface area contributed by atoms with E-state index >= 15 is 0 Å². The highest BCUT2D eigenvalue weighted by Gasteiger charge is 2.22. The molecular formula is C18H15ClN2O3S2. The summed E-state index contributed by atoms with van der Waals surface area (Å²) in [6, 6.07) is 9.08. The minimum atomic E-state index is -0.486. The molecule has 0 aliphatic heterocycles. The van der Waals surface area contributed by atoms with Crippen molar-refractivity contribution in [2.24, 2.45) is 0 Å². The van der Waals surface area contributed by atoms with E-state index in [2.05, 4.69) is 4.98 Å². The van der Waals surface area contributed by atoms with Crippen LogP contribution in [0.15, 0.2) is 46.5 Å². The number of aromatic nitrogens is 1. The highest BCUT2D eigenvalue weighted by Crippen LogP contribution is 2.26. The van der Waals surface area contributed by atoms with Gasteiger partial charge in [0, 0.05) is 27.9 Å². The molecule has 0 spiro atoms. The second-order valence-corrected chi connectivity index (χ2v) is 7.49. The van der Waals surface area contributed by atoms with Gasteiger partial charge in [0.2, 0.25) is 0 Å². The number of methoxy groups -OCH3 is 1. The van der Waals surface area contributed by atoms with Crippen molar-refractivity contribution < 1.29 is 14.3 Å². The van der Waals surface area contributed by atoms with Crippen molar-refractivity contribution >= 4 is 46.2 Å². The fraction of sp³-hybridized carbons (Fsp3) is 0.167. The minimum absolute atomic E-state index is 0.150. The molecule has 0 N–H and O–H groups in total. The van der Waals surface area contributed by atoms with Crippen LogP contribution in [0.3, 0.4) is 0 Å². The topological polar surface area (TPSA) is 59.5 Å². The standard InChI is InChI=1S/C18H15ClN2O3S2/c1-24-16(22)9-21(8-12-2-4-14(19)5-3-12)18(23)15-11-26-17(20-15)13-6-7-25-10-13/h2-7,10-11H,8-9H2,1H3. The molecule has 0 radical (unpaired) electrons. The third-order valence-corrected chi connectivity index (χ3v) is 5.44. The molecule has 0 bridgehead atoms. The molecule has 26 heavy (non-hydrogen) atoms. The monoisotopic (exact) mass is 406 g/mol. The van der Waals surface area contributed by atoms with E-state index < -0.39 is 5.97 Å². The van der Waals surface area contributed by atoms with Crippen LogP contribution in [0, 0.1) is 0 Å². The largest absolute Gasteiger partial charge is 0.468 e. The van der Waals surface area contributed by atoms with Gasteiger partial charge in [0.25, 0.3) is 5.91 Å². The molecule has 3 aromatic rings. The Bertz CT molecular complexity index is 892. The lowest BCUT2D eigenvalue weighted by Gasteiger charge is -2.20. The number of ether oxygens (including phenoxy) is 1. The Balaban J connectivity index is 1.82. The van der Waals surface area contributed by atoms with E-state index in [0.717, 1.165) is 16.1 Å². The van der Waals surface area contributed by atoms with Gasteiger partial charge < -0.3 is 9.64 Å². The van der Waals surface area contributed by atoms with Gasteiger partial charge in [0.05, 0.1) is 7.11 Å². The van der Waals surface area contributed by atoms with Crippen molar-refractivity contribution in [3.63, 3.8) is 0 Å². The van der Waals surface area contributed by atoms with Crippen LogP contribution in [0.2, 0.25) is 5.02 Å². The second-order valence-electron chi connectivity index (χ2n) is 5.41. The van der Waals surface area contributed by atoms with E-state index in [1.807, 2.05) is 29.0 Å². The number of hydrogen-bond acceptors (Lipinski definition) is 6. The molecule has 0 saturated heterocycles. The van der Waals surface area contributed by atoms with Gasteiger partial charge in [-0.2, -0.15) is 11.3 Å². The van der Waals surface area contributed by atoms with Gasteiger partial charge in [-0.25, -0.2) is 4.98 Å². The minimum Gasteiger partial charge on any atom is -0.468 e. The molecule has 0 aliphatic carbocycles. The van der Waals surface area contributed by atoms with Crippen LogP contribution < -0.4 is 0 Å². The van der Waals surface area contributed by atoms with E-state index in [-0.39, 0.29) is 19.0 Å². The Kier molecular flexibility index (Phi) is 6.03. The van der Waals surface area contributed by atoms with Crippen LogP contribution in [0.4, 0.5) is 0 Å². The number of nitrogens with zero attached hydrogens (tertiary/aromatic N) is 2. The molecule has 5 nitrogen and oxygen atoms in total. The maximum Gasteiger partial charge on any atom is 0.325 e. The first-order chi connectivity index (χ1) is 12.6. The van der Waals surface area contributed by atoms with Crippen LogP contribution in [0.1, 0.15) is 16.1 Å². The lowest BCUT2D eigenvalue weighted by molar-refractivity contribution is -0.141. The molecule has 0 aliphatic rings. The van der Waals surface area contributed by atoms with Crippen molar-refractivity contribution in [3.05, 3.63) is 62.8 Å². The first kappa shape index (κ1) is 18.6. The molecular weight excluding hydrogens is 392 g/mol. The molecule has 3 rings (SSSR count). The first-order valence-electron chi connectivity index (χ1n) is 7.65. The number of rotatable bonds is 6. The van der Waals surface area contributed by atoms with E-state index in [9.17, 15) is 9.59 Å². The summed E-state index contributed by atoms with van der Waals surface area (Å²) in [6.45, 7) is 0.111. The van der Waals surface area contributed by atoms with Gasteiger partial charge in [0.15, 0.2) is 0 Å². The van der Waals surface area contributed by atoms with Gasteiger partial charge in [-0.3, -0.25) is 9.59 Å². The number of carbonyl (C=O) groups is 2. The zero-order chi connectivity index (χ0) is 18.5. The van der Waals surface area contributed by atoms with Crippen LogP contribution in [0.25, 0.3) is 10.6 Å². The summed E-state index contributed by atoms with van der Waals surface area (Å²) in [5.74, 6) is -0.802. The number of halogens is 1.